The van der Waals surface area contributed by atoms with Gasteiger partial charge in [-0.05, 0) is 28.8 Å². The third-order valence-electron chi connectivity index (χ3n) is 4.05. The Labute approximate surface area is 166 Å². The Balaban J connectivity index is 1.92. The summed E-state index contributed by atoms with van der Waals surface area (Å²) in [6.07, 6.45) is -2.06. The summed E-state index contributed by atoms with van der Waals surface area (Å²) >= 11 is 3.09. The number of aromatic nitrogens is 2. The van der Waals surface area contributed by atoms with Crippen LogP contribution < -0.4 is 17.0 Å². The normalized spacial score (nSPS) is 24.7. The molecule has 0 aliphatic carbocycles. The van der Waals surface area contributed by atoms with Crippen LogP contribution in [0.2, 0.25) is 0 Å². The van der Waals surface area contributed by atoms with Gasteiger partial charge in [-0.2, -0.15) is 0 Å². The number of nitrogens with two attached hydrogens (primary N) is 1. The summed E-state index contributed by atoms with van der Waals surface area (Å²) in [5.41, 5.74) is 4.37. The van der Waals surface area contributed by atoms with Crippen LogP contribution in [0.4, 0.5) is 0 Å². The quantitative estimate of drug-likeness (QED) is 0.168. The molecule has 1 fully saturated rings. The fourth-order valence-electron chi connectivity index (χ4n) is 2.64. The first-order valence-corrected chi connectivity index (χ1v) is 11.0. The van der Waals surface area contributed by atoms with Crippen LogP contribution in [0.1, 0.15) is 25.5 Å². The lowest BCUT2D eigenvalue weighted by atomic mass is 10.2. The van der Waals surface area contributed by atoms with E-state index in [1.54, 1.807) is 0 Å². The van der Waals surface area contributed by atoms with Crippen molar-refractivity contribution in [1.29, 1.82) is 0 Å². The molecule has 1 saturated heterocycles. The van der Waals surface area contributed by atoms with Gasteiger partial charge in [0.1, 0.15) is 18.4 Å². The van der Waals surface area contributed by atoms with Crippen LogP contribution >= 0.6 is 23.5 Å². The van der Waals surface area contributed by atoms with Crippen molar-refractivity contribution in [1.82, 2.24) is 9.55 Å². The van der Waals surface area contributed by atoms with Gasteiger partial charge in [0.2, 0.25) is 0 Å². The van der Waals surface area contributed by atoms with E-state index < -0.39 is 60.5 Å². The van der Waals surface area contributed by atoms with Crippen LogP contribution in [0, 0.1) is 0 Å². The van der Waals surface area contributed by atoms with Crippen LogP contribution in [0.15, 0.2) is 21.9 Å². The van der Waals surface area contributed by atoms with Crippen molar-refractivity contribution in [3.05, 3.63) is 33.1 Å². The number of aliphatic hydroxyl groups excluding tert-OH is 1. The van der Waals surface area contributed by atoms with Gasteiger partial charge in [-0.25, -0.2) is 4.79 Å². The molecule has 6 N–H and O–H groups in total. The molecule has 0 amide bonds. The molecule has 2 heterocycles. The zero-order chi connectivity index (χ0) is 21.1. The Hall–Kier alpha value is -1.34. The summed E-state index contributed by atoms with van der Waals surface area (Å²) in [5, 5.41) is 9.09. The second kappa shape index (κ2) is 9.44. The van der Waals surface area contributed by atoms with E-state index in [-0.39, 0.29) is 19.3 Å². The van der Waals surface area contributed by atoms with Crippen LogP contribution in [0.3, 0.4) is 0 Å². The molecule has 28 heavy (non-hydrogen) atoms. The maximum atomic E-state index is 12.0. The fourth-order valence-corrected chi connectivity index (χ4v) is 3.89. The highest BCUT2D eigenvalue weighted by Gasteiger charge is 2.41. The van der Waals surface area contributed by atoms with Crippen molar-refractivity contribution in [3.63, 3.8) is 0 Å². The van der Waals surface area contributed by atoms with Crippen molar-refractivity contribution in [3.8, 4) is 0 Å². The number of carbonyl (C=O) groups is 1. The fraction of sp³-hybridized carbons (Fsp3) is 0.643. The third-order valence-corrected chi connectivity index (χ3v) is 5.66. The lowest BCUT2D eigenvalue weighted by Crippen LogP contribution is -2.39. The molecule has 1 aromatic rings. The van der Waals surface area contributed by atoms with Crippen LogP contribution in [-0.2, 0) is 18.8 Å². The highest BCUT2D eigenvalue weighted by Crippen LogP contribution is 2.35. The number of alkyl halides is 1. The minimum Gasteiger partial charge on any atom is -0.447 e. The number of carbonyl (C=O) groups excluding carboxylic acids is 1. The summed E-state index contributed by atoms with van der Waals surface area (Å²) in [5.74, 6) is -0.840. The lowest BCUT2D eigenvalue weighted by molar-refractivity contribution is -0.154. The molecule has 2 unspecified atom stereocenters. The summed E-state index contributed by atoms with van der Waals surface area (Å²) in [4.78, 5) is 54.6. The molecular formula is C14H21BrN3O9P. The molecule has 0 aromatic carbocycles. The molecule has 0 radical (unpaired) electrons. The number of rotatable bonds is 8. The maximum Gasteiger partial charge on any atom is 0.330 e. The van der Waals surface area contributed by atoms with E-state index in [4.69, 9.17) is 25.0 Å². The number of esters is 1. The molecule has 158 valence electrons. The molecule has 0 spiro atoms. The molecular weight excluding hydrogens is 465 g/mol. The molecule has 0 bridgehead atoms. The number of ether oxygens (including phenoxy) is 2. The van der Waals surface area contributed by atoms with Crippen molar-refractivity contribution in [2.75, 3.05) is 6.16 Å². The zero-order valence-electron chi connectivity index (χ0n) is 14.5. The number of nitrogens with one attached hydrogen (secondary N) is 1. The van der Waals surface area contributed by atoms with Gasteiger partial charge >= 0.3 is 19.3 Å². The van der Waals surface area contributed by atoms with Crippen LogP contribution in [-0.4, -0.2) is 59.8 Å². The van der Waals surface area contributed by atoms with E-state index in [0.717, 1.165) is 10.6 Å². The molecule has 1 aromatic heterocycles. The monoisotopic (exact) mass is 485 g/mol. The second-order valence-corrected chi connectivity index (χ2v) is 8.98. The number of hydrogen-bond donors (Lipinski definition) is 5. The third kappa shape index (κ3) is 6.34. The minimum absolute atomic E-state index is 0.00708. The predicted octanol–water partition coefficient (Wildman–Crippen LogP) is -1.27. The Kier molecular flexibility index (Phi) is 7.73. The average Bonchev–Trinajstić information content (AvgIpc) is 2.95. The zero-order valence-corrected chi connectivity index (χ0v) is 17.0. The Morgan fingerprint density at radius 3 is 2.79 bits per heavy atom. The molecule has 14 heteroatoms. The number of nitrogens with zero attached hydrogens (tertiary/aromatic N) is 1. The van der Waals surface area contributed by atoms with Crippen LogP contribution in [0.25, 0.3) is 0 Å². The summed E-state index contributed by atoms with van der Waals surface area (Å²) < 4.78 is 22.6. The highest BCUT2D eigenvalue weighted by molar-refractivity contribution is 9.09. The van der Waals surface area contributed by atoms with E-state index in [2.05, 4.69) is 20.9 Å². The number of aromatic amines is 1. The summed E-state index contributed by atoms with van der Waals surface area (Å²) in [6.45, 7) is 0. The SMILES string of the molecule is NC(CCCP(=O)(O)O)C(=O)OC(Br)[C@H]1O[C@@H](n2ccc(=O)[nH]c2=O)C[C@@H]1O. The van der Waals surface area contributed by atoms with Crippen molar-refractivity contribution >= 4 is 29.5 Å². The van der Waals surface area contributed by atoms with Gasteiger partial charge in [0.25, 0.3) is 5.56 Å². The number of H-pyrrole nitrogens is 1. The van der Waals surface area contributed by atoms with Gasteiger partial charge in [0, 0.05) is 24.8 Å². The molecule has 2 rings (SSSR count). The summed E-state index contributed by atoms with van der Waals surface area (Å²) in [7, 11) is -4.17. The maximum absolute atomic E-state index is 12.0. The standard InChI is InChI=1S/C14H21BrN3O9P/c15-12(27-13(21)7(16)2-1-5-28(23,24)25)11-8(19)6-10(26-11)18-4-3-9(20)17-14(18)22/h3-4,7-8,10-12,19H,1-2,5-6,16H2,(H,17,20,22)(H2,23,24,25)/t7?,8-,10+,11-,12?/m0/s1. The van der Waals surface area contributed by atoms with E-state index in [0.29, 0.717) is 0 Å². The molecule has 1 aliphatic heterocycles. The first-order valence-electron chi connectivity index (χ1n) is 8.27. The Bertz CT molecular complexity index is 853. The predicted molar refractivity (Wildman–Crippen MR) is 98.8 cm³/mol. The van der Waals surface area contributed by atoms with Crippen molar-refractivity contribution in [2.24, 2.45) is 5.73 Å². The smallest absolute Gasteiger partial charge is 0.330 e. The van der Waals surface area contributed by atoms with Crippen LogP contribution in [0.5, 0.6) is 0 Å². The van der Waals surface area contributed by atoms with Gasteiger partial charge < -0.3 is 30.1 Å². The Morgan fingerprint density at radius 1 is 1.50 bits per heavy atom. The van der Waals surface area contributed by atoms with Gasteiger partial charge in [0.15, 0.2) is 5.01 Å². The minimum atomic E-state index is -4.17. The van der Waals surface area contributed by atoms with E-state index in [9.17, 15) is 24.1 Å². The molecule has 1 aliphatic rings. The topological polar surface area (TPSA) is 194 Å². The van der Waals surface area contributed by atoms with Gasteiger partial charge in [-0.15, -0.1) is 0 Å². The molecule has 5 atom stereocenters. The number of hydrogen-bond acceptors (Lipinski definition) is 8. The van der Waals surface area contributed by atoms with E-state index in [1.807, 2.05) is 0 Å². The second-order valence-electron chi connectivity index (χ2n) is 6.30. The van der Waals surface area contributed by atoms with Gasteiger partial charge in [0.05, 0.1) is 6.10 Å². The first kappa shape index (κ1) is 22.9. The molecule has 12 nitrogen and oxygen atoms in total. The first-order chi connectivity index (χ1) is 13.0. The Morgan fingerprint density at radius 2 is 2.18 bits per heavy atom. The summed E-state index contributed by atoms with van der Waals surface area (Å²) in [6, 6.07) is 0.0232. The van der Waals surface area contributed by atoms with Crippen molar-refractivity contribution < 1.29 is 33.7 Å². The van der Waals surface area contributed by atoms with Gasteiger partial charge in [-0.1, -0.05) is 0 Å². The number of aliphatic hydroxyl groups is 1. The lowest BCUT2D eigenvalue weighted by Gasteiger charge is -2.22. The van der Waals surface area contributed by atoms with Crippen molar-refractivity contribution in [2.45, 2.75) is 48.8 Å². The highest BCUT2D eigenvalue weighted by atomic mass is 79.9. The van der Waals surface area contributed by atoms with E-state index in [1.165, 1.54) is 6.20 Å². The van der Waals surface area contributed by atoms with E-state index >= 15 is 0 Å². The average molecular weight is 486 g/mol. The largest absolute Gasteiger partial charge is 0.447 e. The van der Waals surface area contributed by atoms with Gasteiger partial charge in [-0.3, -0.25) is 23.7 Å². The number of halogens is 1. The molecule has 0 saturated carbocycles.